The van der Waals surface area contributed by atoms with Crippen LogP contribution in [0, 0.1) is 0 Å². The fourth-order valence-corrected chi connectivity index (χ4v) is 6.12. The Kier molecular flexibility index (Phi) is 9.73. The van der Waals surface area contributed by atoms with Gasteiger partial charge in [-0.1, -0.05) is 0 Å². The average Bonchev–Trinajstić information content (AvgIpc) is 2.80. The zero-order valence-corrected chi connectivity index (χ0v) is 19.5. The van der Waals surface area contributed by atoms with Gasteiger partial charge >= 0.3 is 188 Å². The van der Waals surface area contributed by atoms with E-state index in [-0.39, 0.29) is 0 Å². The van der Waals surface area contributed by atoms with Crippen LogP contribution in [0.15, 0.2) is 91.0 Å². The summed E-state index contributed by atoms with van der Waals surface area (Å²) in [6.07, 6.45) is 9.40. The maximum absolute atomic E-state index is 6.55. The van der Waals surface area contributed by atoms with Crippen LogP contribution in [0.2, 0.25) is 0 Å². The van der Waals surface area contributed by atoms with Gasteiger partial charge in [-0.15, -0.1) is 0 Å². The van der Waals surface area contributed by atoms with Gasteiger partial charge in [-0.05, 0) is 0 Å². The quantitative estimate of drug-likeness (QED) is 0.187. The van der Waals surface area contributed by atoms with Crippen LogP contribution >= 0.6 is 7.94 Å². The van der Waals surface area contributed by atoms with Crippen molar-refractivity contribution in [3.63, 3.8) is 0 Å². The molecule has 0 heterocycles. The Morgan fingerprint density at radius 3 is 1.23 bits per heavy atom. The van der Waals surface area contributed by atoms with Crippen molar-refractivity contribution < 1.29 is 13.6 Å². The van der Waals surface area contributed by atoms with Crippen LogP contribution in [0.3, 0.4) is 0 Å². The van der Waals surface area contributed by atoms with Gasteiger partial charge in [0.2, 0.25) is 0 Å². The third-order valence-electron chi connectivity index (χ3n) is 5.14. The standard InChI is InChI=1S/C27H35O3P/c1-2-3-4-5-6-7-17-24-31(28-25-18-11-8-12-19-25,29-26-20-13-9-14-21-26)30-27-22-15-10-16-23-27/h8-16,18-23,31H,2-7,17,24H2,1H3. The molecule has 0 radical (unpaired) electrons. The summed E-state index contributed by atoms with van der Waals surface area (Å²) in [5.41, 5.74) is 0. The third kappa shape index (κ3) is 8.26. The fourth-order valence-electron chi connectivity index (χ4n) is 3.52. The molecule has 0 aliphatic carbocycles. The van der Waals surface area contributed by atoms with E-state index in [1.54, 1.807) is 0 Å². The van der Waals surface area contributed by atoms with Crippen molar-refractivity contribution in [3.8, 4) is 17.2 Å². The Labute approximate surface area is 188 Å². The van der Waals surface area contributed by atoms with E-state index >= 15 is 0 Å². The molecule has 0 aromatic heterocycles. The molecule has 0 N–H and O–H groups in total. The molecule has 0 aliphatic heterocycles. The van der Waals surface area contributed by atoms with E-state index in [9.17, 15) is 0 Å². The van der Waals surface area contributed by atoms with Crippen LogP contribution in [0.4, 0.5) is 0 Å². The molecule has 3 nitrogen and oxygen atoms in total. The number of rotatable bonds is 14. The van der Waals surface area contributed by atoms with Crippen molar-refractivity contribution in [1.82, 2.24) is 0 Å². The van der Waals surface area contributed by atoms with Gasteiger partial charge in [-0.2, -0.15) is 0 Å². The second-order valence-electron chi connectivity index (χ2n) is 7.80. The fraction of sp³-hybridized carbons (Fsp3) is 0.333. The molecule has 3 aromatic carbocycles. The summed E-state index contributed by atoms with van der Waals surface area (Å²) < 4.78 is 19.6. The number of benzene rings is 3. The summed E-state index contributed by atoms with van der Waals surface area (Å²) in [6.45, 7) is 2.25. The summed E-state index contributed by atoms with van der Waals surface area (Å²) >= 11 is 0. The number of hydrogen-bond acceptors (Lipinski definition) is 3. The van der Waals surface area contributed by atoms with Crippen LogP contribution in [-0.4, -0.2) is 6.16 Å². The normalized spacial score (nSPS) is 11.6. The molecule has 0 amide bonds. The predicted molar refractivity (Wildman–Crippen MR) is 132 cm³/mol. The van der Waals surface area contributed by atoms with Gasteiger partial charge in [0.1, 0.15) is 0 Å². The number of hydrogen-bond donors (Lipinski definition) is 0. The molecule has 0 fully saturated rings. The Hall–Kier alpha value is -2.51. The van der Waals surface area contributed by atoms with Crippen LogP contribution in [0.1, 0.15) is 51.9 Å². The molecule has 166 valence electrons. The minimum absolute atomic E-state index is 0.763. The first-order chi connectivity index (χ1) is 15.3. The molecule has 0 aliphatic rings. The summed E-state index contributed by atoms with van der Waals surface area (Å²) in [6, 6.07) is 29.6. The van der Waals surface area contributed by atoms with E-state index in [2.05, 4.69) is 6.92 Å². The molecular weight excluding hydrogens is 403 g/mol. The molecule has 0 saturated heterocycles. The van der Waals surface area contributed by atoms with Crippen molar-refractivity contribution in [2.45, 2.75) is 51.9 Å². The van der Waals surface area contributed by atoms with Crippen LogP contribution in [0.5, 0.6) is 17.2 Å². The molecule has 0 bridgehead atoms. The van der Waals surface area contributed by atoms with E-state index < -0.39 is 7.94 Å². The summed E-state index contributed by atoms with van der Waals surface area (Å²) in [5.74, 6) is 2.34. The zero-order chi connectivity index (χ0) is 21.6. The molecule has 31 heavy (non-hydrogen) atoms. The molecule has 0 unspecified atom stereocenters. The van der Waals surface area contributed by atoms with Crippen molar-refractivity contribution in [2.75, 3.05) is 6.16 Å². The predicted octanol–water partition coefficient (Wildman–Crippen LogP) is 8.47. The van der Waals surface area contributed by atoms with Crippen LogP contribution in [-0.2, 0) is 0 Å². The summed E-state index contributed by atoms with van der Waals surface area (Å²) in [4.78, 5) is 0. The Balaban J connectivity index is 1.78. The first kappa shape index (κ1) is 23.2. The molecule has 0 atom stereocenters. The Morgan fingerprint density at radius 1 is 0.484 bits per heavy atom. The number of unbranched alkanes of at least 4 members (excludes halogenated alkanes) is 6. The van der Waals surface area contributed by atoms with E-state index in [0.29, 0.717) is 0 Å². The van der Waals surface area contributed by atoms with Crippen molar-refractivity contribution >= 4 is 7.94 Å². The number of para-hydroxylation sites is 3. The first-order valence-corrected chi connectivity index (χ1v) is 13.4. The Morgan fingerprint density at radius 2 is 0.839 bits per heavy atom. The second-order valence-corrected chi connectivity index (χ2v) is 10.3. The molecular formula is C27H35O3P. The van der Waals surface area contributed by atoms with Gasteiger partial charge in [-0.3, -0.25) is 0 Å². The monoisotopic (exact) mass is 438 g/mol. The third-order valence-corrected chi connectivity index (χ3v) is 7.74. The van der Waals surface area contributed by atoms with Gasteiger partial charge in [0.25, 0.3) is 0 Å². The van der Waals surface area contributed by atoms with Gasteiger partial charge in [0.05, 0.1) is 0 Å². The minimum atomic E-state index is -3.09. The zero-order valence-electron chi connectivity index (χ0n) is 18.5. The topological polar surface area (TPSA) is 27.7 Å². The Bertz CT molecular complexity index is 739. The summed E-state index contributed by atoms with van der Waals surface area (Å²) in [7, 11) is -3.09. The average molecular weight is 439 g/mol. The van der Waals surface area contributed by atoms with Crippen molar-refractivity contribution in [3.05, 3.63) is 91.0 Å². The molecule has 3 rings (SSSR count). The first-order valence-electron chi connectivity index (χ1n) is 11.5. The second kappa shape index (κ2) is 13.0. The van der Waals surface area contributed by atoms with E-state index in [0.717, 1.165) is 36.3 Å². The van der Waals surface area contributed by atoms with E-state index in [1.807, 2.05) is 91.0 Å². The SMILES string of the molecule is CCCCCCCCC[PH](Oc1ccccc1)(Oc1ccccc1)Oc1ccccc1. The van der Waals surface area contributed by atoms with E-state index in [4.69, 9.17) is 13.6 Å². The molecule has 4 heteroatoms. The molecule has 0 spiro atoms. The van der Waals surface area contributed by atoms with Gasteiger partial charge in [0, 0.05) is 0 Å². The van der Waals surface area contributed by atoms with Crippen LogP contribution in [0.25, 0.3) is 0 Å². The molecule has 3 aromatic rings. The molecule has 0 saturated carbocycles. The van der Waals surface area contributed by atoms with E-state index in [1.165, 1.54) is 32.1 Å². The van der Waals surface area contributed by atoms with Crippen molar-refractivity contribution in [2.24, 2.45) is 0 Å². The van der Waals surface area contributed by atoms with Crippen LogP contribution < -0.4 is 13.6 Å². The van der Waals surface area contributed by atoms with Gasteiger partial charge in [-0.25, -0.2) is 0 Å². The summed E-state index contributed by atoms with van der Waals surface area (Å²) in [5, 5.41) is 0. The van der Waals surface area contributed by atoms with Gasteiger partial charge < -0.3 is 0 Å². The maximum atomic E-state index is 6.55. The van der Waals surface area contributed by atoms with Crippen molar-refractivity contribution in [1.29, 1.82) is 0 Å². The van der Waals surface area contributed by atoms with Gasteiger partial charge in [0.15, 0.2) is 0 Å².